The largest absolute Gasteiger partial charge is 0.335 e. The van der Waals surface area contributed by atoms with Crippen molar-refractivity contribution in [2.24, 2.45) is 0 Å². The number of ketones is 1. The highest BCUT2D eigenvalue weighted by Crippen LogP contribution is 2.24. The van der Waals surface area contributed by atoms with Gasteiger partial charge in [0.2, 0.25) is 5.16 Å². The van der Waals surface area contributed by atoms with Gasteiger partial charge >= 0.3 is 0 Å². The number of thioether (sulfide) groups is 1. The van der Waals surface area contributed by atoms with Gasteiger partial charge in [-0.05, 0) is 42.8 Å². The fraction of sp³-hybridized carbons (Fsp3) is 0.167. The second kappa shape index (κ2) is 8.33. The molecule has 0 aliphatic rings. The van der Waals surface area contributed by atoms with Crippen molar-refractivity contribution in [2.45, 2.75) is 18.0 Å². The van der Waals surface area contributed by atoms with Gasteiger partial charge in [-0.3, -0.25) is 4.79 Å². The van der Waals surface area contributed by atoms with Crippen LogP contribution < -0.4 is 5.84 Å². The molecule has 0 aliphatic carbocycles. The molecule has 134 valence electrons. The van der Waals surface area contributed by atoms with E-state index in [-0.39, 0.29) is 11.6 Å². The van der Waals surface area contributed by atoms with Gasteiger partial charge in [0.15, 0.2) is 11.6 Å². The van der Waals surface area contributed by atoms with Crippen molar-refractivity contribution in [1.82, 2.24) is 14.9 Å². The molecule has 0 aliphatic heterocycles. The zero-order valence-corrected chi connectivity index (χ0v) is 15.3. The highest BCUT2D eigenvalue weighted by Gasteiger charge is 2.13. The maximum Gasteiger partial charge on any atom is 0.210 e. The van der Waals surface area contributed by atoms with E-state index < -0.39 is 0 Å². The molecule has 3 aromatic rings. The van der Waals surface area contributed by atoms with E-state index in [1.165, 1.54) is 40.7 Å². The number of Topliss-reactive ketones (excluding diaryl/α,β-unsaturated/α-hetero) is 1. The van der Waals surface area contributed by atoms with Crippen LogP contribution in [0.5, 0.6) is 0 Å². The van der Waals surface area contributed by atoms with Gasteiger partial charge in [-0.25, -0.2) is 9.07 Å². The Balaban J connectivity index is 1.54. The molecule has 0 unspecified atom stereocenters. The molecule has 2 N–H and O–H groups in total. The molecule has 0 radical (unpaired) electrons. The number of carbonyl (C=O) groups is 1. The quantitative estimate of drug-likeness (QED) is 0.283. The topological polar surface area (TPSA) is 73.8 Å². The molecule has 0 fully saturated rings. The van der Waals surface area contributed by atoms with E-state index in [0.717, 1.165) is 5.56 Å². The van der Waals surface area contributed by atoms with Gasteiger partial charge in [0, 0.05) is 28.3 Å². The lowest BCUT2D eigenvalue weighted by Crippen LogP contribution is -2.11. The van der Waals surface area contributed by atoms with E-state index in [4.69, 9.17) is 17.4 Å². The van der Waals surface area contributed by atoms with Gasteiger partial charge in [0.05, 0.1) is 0 Å². The van der Waals surface area contributed by atoms with E-state index in [0.29, 0.717) is 40.2 Å². The number of nitrogens with two attached hydrogens (primary N) is 1. The van der Waals surface area contributed by atoms with Crippen molar-refractivity contribution in [1.29, 1.82) is 0 Å². The Bertz CT molecular complexity index is 914. The van der Waals surface area contributed by atoms with Crippen LogP contribution in [0.4, 0.5) is 4.39 Å². The number of halogens is 2. The first-order chi connectivity index (χ1) is 12.5. The minimum absolute atomic E-state index is 0.0144. The van der Waals surface area contributed by atoms with E-state index in [1.54, 1.807) is 12.1 Å². The van der Waals surface area contributed by atoms with Gasteiger partial charge in [-0.15, -0.1) is 10.2 Å². The van der Waals surface area contributed by atoms with E-state index in [9.17, 15) is 9.18 Å². The lowest BCUT2D eigenvalue weighted by Gasteiger charge is -2.04. The van der Waals surface area contributed by atoms with Gasteiger partial charge in [-0.2, -0.15) is 0 Å². The Kier molecular flexibility index (Phi) is 5.90. The Morgan fingerprint density at radius 2 is 1.96 bits per heavy atom. The van der Waals surface area contributed by atoms with Crippen LogP contribution in [0.3, 0.4) is 0 Å². The summed E-state index contributed by atoms with van der Waals surface area (Å²) >= 11 is 7.41. The molecule has 0 bridgehead atoms. The molecular weight excluding hydrogens is 375 g/mol. The lowest BCUT2D eigenvalue weighted by molar-refractivity contribution is 0.0982. The lowest BCUT2D eigenvalue weighted by atomic mass is 10.1. The van der Waals surface area contributed by atoms with Crippen LogP contribution in [-0.4, -0.2) is 26.4 Å². The van der Waals surface area contributed by atoms with Gasteiger partial charge in [0.25, 0.3) is 0 Å². The minimum Gasteiger partial charge on any atom is -0.335 e. The van der Waals surface area contributed by atoms with Crippen LogP contribution in [0.1, 0.15) is 23.2 Å². The molecule has 5 nitrogen and oxygen atoms in total. The van der Waals surface area contributed by atoms with Gasteiger partial charge in [0.1, 0.15) is 5.82 Å². The van der Waals surface area contributed by atoms with Crippen LogP contribution in [0, 0.1) is 5.82 Å². The number of hydrogen-bond donors (Lipinski definition) is 1. The fourth-order valence-electron chi connectivity index (χ4n) is 2.38. The van der Waals surface area contributed by atoms with E-state index >= 15 is 0 Å². The maximum absolute atomic E-state index is 12.9. The molecule has 0 spiro atoms. The highest BCUT2D eigenvalue weighted by molar-refractivity contribution is 7.99. The third-order valence-electron chi connectivity index (χ3n) is 3.69. The average molecular weight is 391 g/mol. The molecule has 26 heavy (non-hydrogen) atoms. The number of benzene rings is 2. The number of hydrogen-bond acceptors (Lipinski definition) is 5. The van der Waals surface area contributed by atoms with Crippen LogP contribution in [0.2, 0.25) is 5.02 Å². The zero-order valence-electron chi connectivity index (χ0n) is 13.7. The SMILES string of the molecule is Nn1c(SCCCC(=O)c2ccc(F)cc2)nnc1-c1cccc(Cl)c1. The molecule has 2 aromatic carbocycles. The molecule has 0 atom stereocenters. The highest BCUT2D eigenvalue weighted by atomic mass is 35.5. The molecule has 3 rings (SSSR count). The zero-order chi connectivity index (χ0) is 18.5. The molecular formula is C18H16ClFN4OS. The number of nitrogen functional groups attached to an aromatic ring is 1. The third kappa shape index (κ3) is 4.42. The summed E-state index contributed by atoms with van der Waals surface area (Å²) in [5.74, 6) is 6.88. The first kappa shape index (κ1) is 18.4. The van der Waals surface area contributed by atoms with E-state index in [1.807, 2.05) is 12.1 Å². The van der Waals surface area contributed by atoms with Crippen molar-refractivity contribution >= 4 is 29.1 Å². The smallest absolute Gasteiger partial charge is 0.210 e. The van der Waals surface area contributed by atoms with Crippen molar-refractivity contribution in [3.63, 3.8) is 0 Å². The summed E-state index contributed by atoms with van der Waals surface area (Å²) in [5.41, 5.74) is 1.30. The first-order valence-electron chi connectivity index (χ1n) is 7.92. The van der Waals surface area contributed by atoms with Crippen molar-refractivity contribution < 1.29 is 9.18 Å². The van der Waals surface area contributed by atoms with Gasteiger partial charge < -0.3 is 5.84 Å². The number of aromatic nitrogens is 3. The maximum atomic E-state index is 12.9. The number of rotatable bonds is 7. The Morgan fingerprint density at radius 3 is 2.69 bits per heavy atom. The van der Waals surface area contributed by atoms with E-state index in [2.05, 4.69) is 10.2 Å². The molecule has 8 heteroatoms. The van der Waals surface area contributed by atoms with Crippen molar-refractivity contribution in [3.8, 4) is 11.4 Å². The summed E-state index contributed by atoms with van der Waals surface area (Å²) in [7, 11) is 0. The minimum atomic E-state index is -0.352. The standard InChI is InChI=1S/C18H16ClFN4OS/c19-14-4-1-3-13(11-14)17-22-23-18(24(17)21)26-10-2-5-16(25)12-6-8-15(20)9-7-12/h1,3-4,6-9,11H,2,5,10,21H2. The van der Waals surface area contributed by atoms with Crippen molar-refractivity contribution in [3.05, 3.63) is 64.9 Å². The molecule has 1 heterocycles. The Morgan fingerprint density at radius 1 is 1.19 bits per heavy atom. The molecule has 1 aromatic heterocycles. The monoisotopic (exact) mass is 390 g/mol. The number of nitrogens with zero attached hydrogens (tertiary/aromatic N) is 3. The first-order valence-corrected chi connectivity index (χ1v) is 9.29. The molecule has 0 saturated carbocycles. The van der Waals surface area contributed by atoms with Gasteiger partial charge in [-0.1, -0.05) is 35.5 Å². The predicted octanol–water partition coefficient (Wildman–Crippen LogP) is 4.21. The predicted molar refractivity (Wildman–Crippen MR) is 101 cm³/mol. The summed E-state index contributed by atoms with van der Waals surface area (Å²) in [4.78, 5) is 12.1. The third-order valence-corrected chi connectivity index (χ3v) is 4.96. The van der Waals surface area contributed by atoms with Crippen LogP contribution in [0.15, 0.2) is 53.7 Å². The number of carbonyl (C=O) groups excluding carboxylic acids is 1. The molecule has 0 saturated heterocycles. The molecule has 0 amide bonds. The van der Waals surface area contributed by atoms with Crippen LogP contribution >= 0.6 is 23.4 Å². The summed E-state index contributed by atoms with van der Waals surface area (Å²) in [6.07, 6.45) is 1.03. The Labute approximate surface area is 159 Å². The second-order valence-electron chi connectivity index (χ2n) is 5.57. The van der Waals surface area contributed by atoms with Crippen molar-refractivity contribution in [2.75, 3.05) is 11.6 Å². The summed E-state index contributed by atoms with van der Waals surface area (Å²) in [6.45, 7) is 0. The average Bonchev–Trinajstić information content (AvgIpc) is 3.00. The second-order valence-corrected chi connectivity index (χ2v) is 7.07. The van der Waals surface area contributed by atoms with Crippen LogP contribution in [-0.2, 0) is 0 Å². The fourth-order valence-corrected chi connectivity index (χ4v) is 3.36. The normalized spacial score (nSPS) is 10.8. The van der Waals surface area contributed by atoms with Crippen LogP contribution in [0.25, 0.3) is 11.4 Å². The summed E-state index contributed by atoms with van der Waals surface area (Å²) < 4.78 is 14.3. The summed E-state index contributed by atoms with van der Waals surface area (Å²) in [6, 6.07) is 12.8. The Hall–Kier alpha value is -2.38. The summed E-state index contributed by atoms with van der Waals surface area (Å²) in [5, 5.41) is 9.35.